The fourth-order valence-electron chi connectivity index (χ4n) is 4.61. The summed E-state index contributed by atoms with van der Waals surface area (Å²) < 4.78 is 11.0. The first-order valence-corrected chi connectivity index (χ1v) is 11.9. The van der Waals surface area contributed by atoms with Crippen molar-refractivity contribution >= 4 is 28.7 Å². The van der Waals surface area contributed by atoms with Gasteiger partial charge in [-0.15, -0.1) is 0 Å². The first-order valence-electron chi connectivity index (χ1n) is 11.9. The summed E-state index contributed by atoms with van der Waals surface area (Å²) in [4.78, 5) is 29.0. The number of hydrogen-bond donors (Lipinski definition) is 3. The summed E-state index contributed by atoms with van der Waals surface area (Å²) in [6.07, 6.45) is 1.62. The molecular formula is C25H30N6O4. The van der Waals surface area contributed by atoms with E-state index in [9.17, 15) is 9.90 Å². The van der Waals surface area contributed by atoms with Crippen LogP contribution in [0, 0.1) is 0 Å². The number of aliphatic hydroxyl groups is 1. The highest BCUT2D eigenvalue weighted by Gasteiger charge is 2.26. The minimum atomic E-state index is -0.381. The second-order valence-electron chi connectivity index (χ2n) is 8.87. The molecule has 4 heterocycles. The number of benzene rings is 1. The van der Waals surface area contributed by atoms with E-state index in [1.807, 2.05) is 30.3 Å². The fraction of sp³-hybridized carbons (Fsp3) is 0.440. The number of amides is 1. The number of nitrogens with one attached hydrogen (secondary N) is 2. The van der Waals surface area contributed by atoms with E-state index in [1.54, 1.807) is 7.11 Å². The van der Waals surface area contributed by atoms with E-state index >= 15 is 0 Å². The van der Waals surface area contributed by atoms with Crippen molar-refractivity contribution in [3.05, 3.63) is 35.9 Å². The number of methoxy groups -OCH3 is 1. The van der Waals surface area contributed by atoms with Gasteiger partial charge in [-0.05, 0) is 50.1 Å². The number of morpholine rings is 1. The van der Waals surface area contributed by atoms with Crippen LogP contribution in [0.25, 0.3) is 22.3 Å². The molecule has 2 unspecified atom stereocenters. The van der Waals surface area contributed by atoms with Gasteiger partial charge in [0.2, 0.25) is 11.9 Å². The van der Waals surface area contributed by atoms with Crippen molar-refractivity contribution in [1.29, 1.82) is 0 Å². The number of piperidine rings is 1. The van der Waals surface area contributed by atoms with Gasteiger partial charge in [-0.2, -0.15) is 9.97 Å². The molecule has 35 heavy (non-hydrogen) atoms. The van der Waals surface area contributed by atoms with Crippen LogP contribution in [0.2, 0.25) is 0 Å². The van der Waals surface area contributed by atoms with Crippen molar-refractivity contribution in [3.8, 4) is 17.0 Å². The molecule has 2 fully saturated rings. The second kappa shape index (κ2) is 10.0. The van der Waals surface area contributed by atoms with Gasteiger partial charge in [-0.3, -0.25) is 4.79 Å². The standard InChI is InChI=1S/C25H30N6O4/c1-15-14-35-11-10-31(15)23-18-6-7-19(16-5-8-21(34-2)17(12-16)13-32)27-22(18)29-25(30-23)28-20-4-3-9-26-24(20)33/h5-8,12,15,20,32H,3-4,9-11,13-14H2,1-2H3,(H,26,33)(H,27,28,29,30). The maximum absolute atomic E-state index is 12.4. The number of ether oxygens (including phenoxy) is 2. The molecule has 5 rings (SSSR count). The van der Waals surface area contributed by atoms with Gasteiger partial charge in [0.1, 0.15) is 17.6 Å². The van der Waals surface area contributed by atoms with Crippen LogP contribution in [-0.2, 0) is 16.1 Å². The summed E-state index contributed by atoms with van der Waals surface area (Å²) in [7, 11) is 1.58. The van der Waals surface area contributed by atoms with E-state index < -0.39 is 0 Å². The van der Waals surface area contributed by atoms with Crippen molar-refractivity contribution in [2.45, 2.75) is 38.5 Å². The Morgan fingerprint density at radius 2 is 2.14 bits per heavy atom. The summed E-state index contributed by atoms with van der Waals surface area (Å²) in [6.45, 7) is 4.59. The van der Waals surface area contributed by atoms with Crippen molar-refractivity contribution in [3.63, 3.8) is 0 Å². The largest absolute Gasteiger partial charge is 0.496 e. The highest BCUT2D eigenvalue weighted by molar-refractivity contribution is 5.91. The molecule has 10 nitrogen and oxygen atoms in total. The lowest BCUT2D eigenvalue weighted by atomic mass is 10.1. The molecule has 0 bridgehead atoms. The highest BCUT2D eigenvalue weighted by Crippen LogP contribution is 2.31. The number of aliphatic hydroxyl groups excluding tert-OH is 1. The minimum absolute atomic E-state index is 0.0438. The second-order valence-corrected chi connectivity index (χ2v) is 8.87. The molecule has 0 spiro atoms. The van der Waals surface area contributed by atoms with Gasteiger partial charge in [-0.1, -0.05) is 0 Å². The zero-order chi connectivity index (χ0) is 24.4. The molecule has 2 saturated heterocycles. The third-order valence-corrected chi connectivity index (χ3v) is 6.51. The van der Waals surface area contributed by atoms with Gasteiger partial charge in [-0.25, -0.2) is 4.98 Å². The number of aromatic nitrogens is 3. The topological polar surface area (TPSA) is 122 Å². The lowest BCUT2D eigenvalue weighted by molar-refractivity contribution is -0.123. The van der Waals surface area contributed by atoms with Crippen LogP contribution >= 0.6 is 0 Å². The lowest BCUT2D eigenvalue weighted by Crippen LogP contribution is -2.45. The van der Waals surface area contributed by atoms with Crippen molar-refractivity contribution in [1.82, 2.24) is 20.3 Å². The predicted octanol–water partition coefficient (Wildman–Crippen LogP) is 2.11. The summed E-state index contributed by atoms with van der Waals surface area (Å²) >= 11 is 0. The van der Waals surface area contributed by atoms with Gasteiger partial charge in [0.25, 0.3) is 0 Å². The van der Waals surface area contributed by atoms with Gasteiger partial charge in [0.05, 0.1) is 44.1 Å². The third-order valence-electron chi connectivity index (χ3n) is 6.51. The molecule has 1 amide bonds. The smallest absolute Gasteiger partial charge is 0.242 e. The Hall–Kier alpha value is -3.50. The Bertz CT molecular complexity index is 1240. The van der Waals surface area contributed by atoms with Crippen LogP contribution in [0.15, 0.2) is 30.3 Å². The molecule has 1 aromatic carbocycles. The molecule has 184 valence electrons. The Labute approximate surface area is 203 Å². The van der Waals surface area contributed by atoms with Crippen LogP contribution in [0.5, 0.6) is 5.75 Å². The Kier molecular flexibility index (Phi) is 6.65. The minimum Gasteiger partial charge on any atom is -0.496 e. The van der Waals surface area contributed by atoms with E-state index in [-0.39, 0.29) is 24.6 Å². The van der Waals surface area contributed by atoms with E-state index in [0.717, 1.165) is 35.3 Å². The zero-order valence-electron chi connectivity index (χ0n) is 20.0. The molecule has 2 aliphatic heterocycles. The van der Waals surface area contributed by atoms with Crippen LogP contribution < -0.4 is 20.3 Å². The number of carbonyl (C=O) groups excluding carboxylic acids is 1. The molecule has 2 aromatic heterocycles. The number of anilines is 2. The maximum atomic E-state index is 12.4. The third kappa shape index (κ3) is 4.71. The van der Waals surface area contributed by atoms with Crippen LogP contribution in [-0.4, -0.2) is 71.5 Å². The molecule has 0 aliphatic carbocycles. The quantitative estimate of drug-likeness (QED) is 0.489. The number of fused-ring (bicyclic) bond motifs is 1. The average Bonchev–Trinajstić information content (AvgIpc) is 2.89. The van der Waals surface area contributed by atoms with E-state index in [1.165, 1.54) is 0 Å². The summed E-state index contributed by atoms with van der Waals surface area (Å²) in [5.74, 6) is 1.73. The number of hydrogen-bond acceptors (Lipinski definition) is 9. The molecule has 2 atom stereocenters. The van der Waals surface area contributed by atoms with Crippen LogP contribution in [0.1, 0.15) is 25.3 Å². The summed E-state index contributed by atoms with van der Waals surface area (Å²) in [6, 6.07) is 9.27. The first kappa shape index (κ1) is 23.3. The molecule has 0 saturated carbocycles. The van der Waals surface area contributed by atoms with Crippen molar-refractivity contribution < 1.29 is 19.4 Å². The monoisotopic (exact) mass is 478 g/mol. The van der Waals surface area contributed by atoms with Gasteiger partial charge < -0.3 is 30.1 Å². The molecule has 3 aromatic rings. The van der Waals surface area contributed by atoms with E-state index in [0.29, 0.717) is 49.2 Å². The molecule has 0 radical (unpaired) electrons. The highest BCUT2D eigenvalue weighted by atomic mass is 16.5. The average molecular weight is 479 g/mol. The van der Waals surface area contributed by atoms with Crippen molar-refractivity contribution in [2.24, 2.45) is 0 Å². The molecule has 3 N–H and O–H groups in total. The number of carbonyl (C=O) groups is 1. The number of nitrogens with zero attached hydrogens (tertiary/aromatic N) is 4. The van der Waals surface area contributed by atoms with Gasteiger partial charge >= 0.3 is 0 Å². The Balaban J connectivity index is 1.59. The predicted molar refractivity (Wildman–Crippen MR) is 133 cm³/mol. The summed E-state index contributed by atoms with van der Waals surface area (Å²) in [5.41, 5.74) is 2.78. The van der Waals surface area contributed by atoms with Crippen LogP contribution in [0.4, 0.5) is 11.8 Å². The maximum Gasteiger partial charge on any atom is 0.242 e. The SMILES string of the molecule is COc1ccc(-c2ccc3c(N4CCOCC4C)nc(NC4CCCNC4=O)nc3n2)cc1CO. The molecular weight excluding hydrogens is 448 g/mol. The van der Waals surface area contributed by atoms with Crippen LogP contribution in [0.3, 0.4) is 0 Å². The fourth-order valence-corrected chi connectivity index (χ4v) is 4.61. The molecule has 10 heteroatoms. The van der Waals surface area contributed by atoms with Gasteiger partial charge in [0, 0.05) is 24.2 Å². The Morgan fingerprint density at radius 3 is 2.91 bits per heavy atom. The van der Waals surface area contributed by atoms with E-state index in [2.05, 4.69) is 22.5 Å². The summed E-state index contributed by atoms with van der Waals surface area (Å²) in [5, 5.41) is 16.7. The first-order chi connectivity index (χ1) is 17.1. The normalized spacial score (nSPS) is 20.5. The van der Waals surface area contributed by atoms with Gasteiger partial charge in [0.15, 0.2) is 5.65 Å². The zero-order valence-corrected chi connectivity index (χ0v) is 20.0. The van der Waals surface area contributed by atoms with Crippen molar-refractivity contribution in [2.75, 3.05) is 43.6 Å². The lowest BCUT2D eigenvalue weighted by Gasteiger charge is -2.35. The number of pyridine rings is 1. The molecule has 2 aliphatic rings. The number of rotatable bonds is 6. The Morgan fingerprint density at radius 1 is 1.26 bits per heavy atom. The van der Waals surface area contributed by atoms with E-state index in [4.69, 9.17) is 24.4 Å².